The number of nitrogens with zero attached hydrogens (tertiary/aromatic N) is 2. The number of hydrogen-bond donors (Lipinski definition) is 3. The molecule has 3 aliphatic rings. The van der Waals surface area contributed by atoms with Crippen LogP contribution in [0.25, 0.3) is 10.9 Å². The van der Waals surface area contributed by atoms with Gasteiger partial charge in [0.05, 0.1) is 23.7 Å². The molecule has 9 nitrogen and oxygen atoms in total. The summed E-state index contributed by atoms with van der Waals surface area (Å²) in [5.41, 5.74) is 0.874. The highest BCUT2D eigenvalue weighted by molar-refractivity contribution is 6.35. The van der Waals surface area contributed by atoms with Crippen molar-refractivity contribution in [3.05, 3.63) is 28.9 Å². The van der Waals surface area contributed by atoms with Gasteiger partial charge in [-0.2, -0.15) is 5.26 Å². The van der Waals surface area contributed by atoms with E-state index in [0.29, 0.717) is 53.3 Å². The van der Waals surface area contributed by atoms with E-state index in [2.05, 4.69) is 21.7 Å². The van der Waals surface area contributed by atoms with Crippen LogP contribution < -0.4 is 15.4 Å². The van der Waals surface area contributed by atoms with Crippen LogP contribution in [0.5, 0.6) is 5.75 Å². The molecule has 35 heavy (non-hydrogen) atoms. The number of methoxy groups -OCH3 is 1. The molecule has 0 bridgehead atoms. The van der Waals surface area contributed by atoms with E-state index in [1.807, 2.05) is 0 Å². The van der Waals surface area contributed by atoms with E-state index in [-0.39, 0.29) is 35.5 Å². The number of nitriles is 1. The van der Waals surface area contributed by atoms with Gasteiger partial charge in [-0.25, -0.2) is 0 Å². The van der Waals surface area contributed by atoms with Crippen molar-refractivity contribution in [2.75, 3.05) is 20.2 Å². The number of likely N-dealkylation sites (tertiary alicyclic amines) is 1. The smallest absolute Gasteiger partial charge is 0.271 e. The maximum Gasteiger partial charge on any atom is 0.271 e. The maximum atomic E-state index is 13.7. The molecule has 3 N–H and O–H groups in total. The van der Waals surface area contributed by atoms with E-state index in [1.165, 1.54) is 0 Å². The van der Waals surface area contributed by atoms with Crippen LogP contribution in [0.4, 0.5) is 0 Å². The lowest BCUT2D eigenvalue weighted by Crippen LogP contribution is -2.49. The van der Waals surface area contributed by atoms with E-state index in [1.54, 1.807) is 30.2 Å². The molecular formula is C25H28ClN5O4. The van der Waals surface area contributed by atoms with Crippen molar-refractivity contribution in [2.45, 2.75) is 50.6 Å². The Morgan fingerprint density at radius 1 is 1.40 bits per heavy atom. The van der Waals surface area contributed by atoms with Gasteiger partial charge in [0, 0.05) is 24.4 Å². The SMILES string of the molecule is COc1ccc(Cl)c2[nH]c(C(=O)N3CC4(CCC4)CC3C(=O)N[C@H](C#N)C[C@@H]3CCNC3=O)cc12. The van der Waals surface area contributed by atoms with Crippen LogP contribution in [-0.2, 0) is 9.59 Å². The monoisotopic (exact) mass is 497 g/mol. The number of halogens is 1. The Labute approximate surface area is 208 Å². The first kappa shape index (κ1) is 23.5. The fourth-order valence-corrected chi connectivity index (χ4v) is 5.93. The van der Waals surface area contributed by atoms with E-state index < -0.39 is 12.1 Å². The number of ether oxygens (including phenoxy) is 1. The molecule has 2 aromatic rings. The number of carbonyl (C=O) groups is 3. The molecule has 2 saturated heterocycles. The number of nitrogens with one attached hydrogen (secondary N) is 3. The molecule has 10 heteroatoms. The lowest BCUT2D eigenvalue weighted by Gasteiger charge is -2.37. The summed E-state index contributed by atoms with van der Waals surface area (Å²) in [6.07, 6.45) is 4.49. The minimum absolute atomic E-state index is 0.0630. The summed E-state index contributed by atoms with van der Waals surface area (Å²) in [5.74, 6) is -0.409. The average Bonchev–Trinajstić information content (AvgIpc) is 3.55. The summed E-state index contributed by atoms with van der Waals surface area (Å²) in [7, 11) is 1.55. The van der Waals surface area contributed by atoms with E-state index in [9.17, 15) is 19.6 Å². The number of H-pyrrole nitrogens is 1. The molecule has 1 saturated carbocycles. The molecule has 184 valence electrons. The van der Waals surface area contributed by atoms with Gasteiger partial charge in [0.25, 0.3) is 5.91 Å². The van der Waals surface area contributed by atoms with Gasteiger partial charge in [0.1, 0.15) is 23.5 Å². The molecular weight excluding hydrogens is 470 g/mol. The molecule has 3 atom stereocenters. The summed E-state index contributed by atoms with van der Waals surface area (Å²) in [6, 6.07) is 5.80. The summed E-state index contributed by atoms with van der Waals surface area (Å²) in [6.45, 7) is 1.08. The summed E-state index contributed by atoms with van der Waals surface area (Å²) < 4.78 is 5.41. The predicted molar refractivity (Wildman–Crippen MR) is 129 cm³/mol. The quantitative estimate of drug-likeness (QED) is 0.565. The molecule has 3 heterocycles. The topological polar surface area (TPSA) is 127 Å². The molecule has 3 amide bonds. The third kappa shape index (κ3) is 4.20. The Morgan fingerprint density at radius 2 is 2.20 bits per heavy atom. The lowest BCUT2D eigenvalue weighted by atomic mass is 9.67. The normalized spacial score (nSPS) is 23.6. The van der Waals surface area contributed by atoms with Gasteiger partial charge in [-0.3, -0.25) is 14.4 Å². The third-order valence-electron chi connectivity index (χ3n) is 7.79. The number of aromatic nitrogens is 1. The minimum atomic E-state index is -0.789. The zero-order chi connectivity index (χ0) is 24.7. The van der Waals surface area contributed by atoms with Crippen LogP contribution in [-0.4, -0.2) is 59.9 Å². The number of fused-ring (bicyclic) bond motifs is 1. The zero-order valence-corrected chi connectivity index (χ0v) is 20.3. The zero-order valence-electron chi connectivity index (χ0n) is 19.5. The Hall–Kier alpha value is -3.25. The first-order valence-electron chi connectivity index (χ1n) is 12.0. The van der Waals surface area contributed by atoms with Gasteiger partial charge in [-0.1, -0.05) is 18.0 Å². The second-order valence-electron chi connectivity index (χ2n) is 9.93. The van der Waals surface area contributed by atoms with Crippen LogP contribution in [0.15, 0.2) is 18.2 Å². The van der Waals surface area contributed by atoms with E-state index in [4.69, 9.17) is 16.3 Å². The van der Waals surface area contributed by atoms with Crippen molar-refractivity contribution in [3.63, 3.8) is 0 Å². The van der Waals surface area contributed by atoms with Crippen LogP contribution in [0.2, 0.25) is 5.02 Å². The van der Waals surface area contributed by atoms with Gasteiger partial charge in [0.2, 0.25) is 11.8 Å². The highest BCUT2D eigenvalue weighted by Crippen LogP contribution is 2.50. The van der Waals surface area contributed by atoms with Crippen molar-refractivity contribution >= 4 is 40.2 Å². The summed E-state index contributed by atoms with van der Waals surface area (Å²) in [4.78, 5) is 43.7. The van der Waals surface area contributed by atoms with Gasteiger partial charge in [-0.15, -0.1) is 0 Å². The Kier molecular flexibility index (Phi) is 6.09. The van der Waals surface area contributed by atoms with Crippen molar-refractivity contribution in [3.8, 4) is 11.8 Å². The minimum Gasteiger partial charge on any atom is -0.496 e. The lowest BCUT2D eigenvalue weighted by molar-refractivity contribution is -0.126. The predicted octanol–water partition coefficient (Wildman–Crippen LogP) is 2.75. The fraction of sp³-hybridized carbons (Fsp3) is 0.520. The molecule has 5 rings (SSSR count). The molecule has 1 unspecified atom stereocenters. The molecule has 3 fully saturated rings. The number of benzene rings is 1. The van der Waals surface area contributed by atoms with Crippen LogP contribution in [0, 0.1) is 22.7 Å². The highest BCUT2D eigenvalue weighted by atomic mass is 35.5. The van der Waals surface area contributed by atoms with Crippen molar-refractivity contribution in [2.24, 2.45) is 11.3 Å². The number of aromatic amines is 1. The molecule has 1 spiro atoms. The Balaban J connectivity index is 1.38. The van der Waals surface area contributed by atoms with Gasteiger partial charge in [0.15, 0.2) is 0 Å². The first-order valence-corrected chi connectivity index (χ1v) is 12.4. The van der Waals surface area contributed by atoms with E-state index in [0.717, 1.165) is 19.3 Å². The fourth-order valence-electron chi connectivity index (χ4n) is 5.72. The standard InChI is InChI=1S/C25H28ClN5O4/c1-35-20-4-3-17(26)21-16(20)10-18(30-21)24(34)31-13-25(6-2-7-25)11-19(31)23(33)29-15(12-27)9-14-5-8-28-22(14)32/h3-4,10,14-15,19,30H,2,5-9,11,13H2,1H3,(H,28,32)(H,29,33)/t14-,15-,19?/m0/s1. The Morgan fingerprint density at radius 3 is 2.83 bits per heavy atom. The van der Waals surface area contributed by atoms with Crippen LogP contribution >= 0.6 is 11.6 Å². The largest absolute Gasteiger partial charge is 0.496 e. The number of hydrogen-bond acceptors (Lipinski definition) is 5. The second kappa shape index (κ2) is 9.08. The maximum absolute atomic E-state index is 13.7. The van der Waals surface area contributed by atoms with Crippen LogP contribution in [0.3, 0.4) is 0 Å². The van der Waals surface area contributed by atoms with Gasteiger partial charge >= 0.3 is 0 Å². The molecule has 2 aliphatic heterocycles. The molecule has 1 aromatic heterocycles. The summed E-state index contributed by atoms with van der Waals surface area (Å²) in [5, 5.41) is 16.4. The van der Waals surface area contributed by atoms with Crippen molar-refractivity contribution in [1.29, 1.82) is 5.26 Å². The Bertz CT molecular complexity index is 1230. The van der Waals surface area contributed by atoms with Crippen molar-refractivity contribution < 1.29 is 19.1 Å². The number of carbonyl (C=O) groups excluding carboxylic acids is 3. The number of amides is 3. The average molecular weight is 498 g/mol. The molecule has 1 aliphatic carbocycles. The van der Waals surface area contributed by atoms with Crippen molar-refractivity contribution in [1.82, 2.24) is 20.5 Å². The van der Waals surface area contributed by atoms with Gasteiger partial charge in [-0.05, 0) is 55.7 Å². The number of rotatable bonds is 6. The van der Waals surface area contributed by atoms with E-state index >= 15 is 0 Å². The summed E-state index contributed by atoms with van der Waals surface area (Å²) >= 11 is 6.34. The molecule has 1 aromatic carbocycles. The van der Waals surface area contributed by atoms with Gasteiger partial charge < -0.3 is 25.3 Å². The third-order valence-corrected chi connectivity index (χ3v) is 8.11. The highest BCUT2D eigenvalue weighted by Gasteiger charge is 2.52. The molecule has 0 radical (unpaired) electrons. The second-order valence-corrected chi connectivity index (χ2v) is 10.3. The van der Waals surface area contributed by atoms with Crippen LogP contribution in [0.1, 0.15) is 49.0 Å². The first-order chi connectivity index (χ1) is 16.8.